The Morgan fingerprint density at radius 2 is 2.00 bits per heavy atom. The highest BCUT2D eigenvalue weighted by molar-refractivity contribution is 5.75. The average Bonchev–Trinajstić information content (AvgIpc) is 2.93. The number of carbonyl (C=O) groups is 2. The van der Waals surface area contributed by atoms with Crippen LogP contribution in [0.5, 0.6) is 0 Å². The first kappa shape index (κ1) is 14.4. The molecule has 0 bridgehead atoms. The summed E-state index contributed by atoms with van der Waals surface area (Å²) >= 11 is 0. The van der Waals surface area contributed by atoms with E-state index in [0.717, 1.165) is 24.8 Å². The third-order valence-corrected chi connectivity index (χ3v) is 3.54. The van der Waals surface area contributed by atoms with Crippen LogP contribution in [0.1, 0.15) is 24.8 Å². The molecule has 1 aromatic carbocycles. The van der Waals surface area contributed by atoms with Crippen LogP contribution >= 0.6 is 0 Å². The molecule has 0 saturated heterocycles. The lowest BCUT2D eigenvalue weighted by molar-refractivity contribution is -0.145. The fraction of sp³-hybridized carbons (Fsp3) is 0.467. The van der Waals surface area contributed by atoms with E-state index >= 15 is 0 Å². The normalized spacial score (nSPS) is 21.2. The number of esters is 1. The number of nitrogens with one attached hydrogen (secondary N) is 1. The number of alkyl carbamates (subject to hydrolysis) is 1. The highest BCUT2D eigenvalue weighted by atomic mass is 16.5. The van der Waals surface area contributed by atoms with E-state index in [1.807, 2.05) is 30.3 Å². The van der Waals surface area contributed by atoms with Crippen molar-refractivity contribution in [3.05, 3.63) is 35.9 Å². The van der Waals surface area contributed by atoms with Crippen LogP contribution in [0.3, 0.4) is 0 Å². The minimum Gasteiger partial charge on any atom is -0.469 e. The standard InChI is InChI=1S/C15H19NO4/c1-19-14(17)12-8-5-9-13(12)16-15(18)20-10-11-6-3-2-4-7-11/h2-4,6-7,12-13H,5,8-10H2,1H3,(H,16,18)/t12-,13+/m1/s1. The van der Waals surface area contributed by atoms with Crippen molar-refractivity contribution in [2.75, 3.05) is 7.11 Å². The van der Waals surface area contributed by atoms with Gasteiger partial charge in [0.2, 0.25) is 0 Å². The van der Waals surface area contributed by atoms with Crippen molar-refractivity contribution in [3.63, 3.8) is 0 Å². The molecular weight excluding hydrogens is 258 g/mol. The van der Waals surface area contributed by atoms with Gasteiger partial charge in [-0.2, -0.15) is 0 Å². The molecule has 0 aliphatic heterocycles. The first-order chi connectivity index (χ1) is 9.70. The van der Waals surface area contributed by atoms with Crippen LogP contribution in [0, 0.1) is 5.92 Å². The van der Waals surface area contributed by atoms with Gasteiger partial charge in [0.25, 0.3) is 0 Å². The van der Waals surface area contributed by atoms with Gasteiger partial charge in [0.15, 0.2) is 0 Å². The molecule has 2 rings (SSSR count). The van der Waals surface area contributed by atoms with E-state index in [1.54, 1.807) is 0 Å². The molecule has 0 radical (unpaired) electrons. The minimum atomic E-state index is -0.491. The summed E-state index contributed by atoms with van der Waals surface area (Å²) in [4.78, 5) is 23.3. The number of carbonyl (C=O) groups excluding carboxylic acids is 2. The van der Waals surface area contributed by atoms with Gasteiger partial charge in [0.1, 0.15) is 6.61 Å². The van der Waals surface area contributed by atoms with Gasteiger partial charge in [0.05, 0.1) is 13.0 Å². The molecule has 1 N–H and O–H groups in total. The zero-order valence-corrected chi connectivity index (χ0v) is 11.5. The Morgan fingerprint density at radius 3 is 2.70 bits per heavy atom. The maximum atomic E-state index is 11.7. The molecule has 5 nitrogen and oxygen atoms in total. The van der Waals surface area contributed by atoms with Crippen LogP contribution in [-0.4, -0.2) is 25.2 Å². The number of methoxy groups -OCH3 is 1. The largest absolute Gasteiger partial charge is 0.469 e. The Morgan fingerprint density at radius 1 is 1.25 bits per heavy atom. The van der Waals surface area contributed by atoms with Crippen LogP contribution in [-0.2, 0) is 20.9 Å². The SMILES string of the molecule is COC(=O)[C@@H]1CCC[C@@H]1NC(=O)OCc1ccccc1. The predicted octanol–water partition coefficient (Wildman–Crippen LogP) is 2.25. The van der Waals surface area contributed by atoms with Gasteiger partial charge in [-0.25, -0.2) is 4.79 Å². The molecular formula is C15H19NO4. The van der Waals surface area contributed by atoms with E-state index in [1.165, 1.54) is 7.11 Å². The van der Waals surface area contributed by atoms with Crippen LogP contribution in [0.15, 0.2) is 30.3 Å². The molecule has 1 saturated carbocycles. The van der Waals surface area contributed by atoms with Crippen molar-refractivity contribution in [2.24, 2.45) is 5.92 Å². The highest BCUT2D eigenvalue weighted by Crippen LogP contribution is 2.26. The van der Waals surface area contributed by atoms with E-state index in [2.05, 4.69) is 5.32 Å². The first-order valence-corrected chi connectivity index (χ1v) is 6.75. The molecule has 0 aromatic heterocycles. The number of ether oxygens (including phenoxy) is 2. The Kier molecular flexibility index (Phi) is 4.98. The predicted molar refractivity (Wildman–Crippen MR) is 72.9 cm³/mol. The van der Waals surface area contributed by atoms with Gasteiger partial charge in [-0.15, -0.1) is 0 Å². The van der Waals surface area contributed by atoms with Gasteiger partial charge in [-0.05, 0) is 18.4 Å². The van der Waals surface area contributed by atoms with Gasteiger partial charge >= 0.3 is 12.1 Å². The summed E-state index contributed by atoms with van der Waals surface area (Å²) in [6, 6.07) is 9.27. The van der Waals surface area contributed by atoms with Crippen LogP contribution in [0.4, 0.5) is 4.79 Å². The van der Waals surface area contributed by atoms with Crippen LogP contribution in [0.2, 0.25) is 0 Å². The molecule has 0 unspecified atom stereocenters. The smallest absolute Gasteiger partial charge is 0.407 e. The van der Waals surface area contributed by atoms with Crippen molar-refractivity contribution >= 4 is 12.1 Å². The fourth-order valence-corrected chi connectivity index (χ4v) is 2.48. The van der Waals surface area contributed by atoms with Crippen molar-refractivity contribution in [1.82, 2.24) is 5.32 Å². The highest BCUT2D eigenvalue weighted by Gasteiger charge is 2.35. The van der Waals surface area contributed by atoms with Crippen molar-refractivity contribution in [2.45, 2.75) is 31.9 Å². The van der Waals surface area contributed by atoms with E-state index in [0.29, 0.717) is 0 Å². The number of hydrogen-bond acceptors (Lipinski definition) is 4. The topological polar surface area (TPSA) is 64.6 Å². The molecule has 108 valence electrons. The molecule has 5 heteroatoms. The molecule has 1 amide bonds. The van der Waals surface area contributed by atoms with E-state index in [-0.39, 0.29) is 24.5 Å². The summed E-state index contributed by atoms with van der Waals surface area (Å²) in [5.41, 5.74) is 0.929. The Hall–Kier alpha value is -2.04. The molecule has 1 aliphatic rings. The van der Waals surface area contributed by atoms with Crippen molar-refractivity contribution in [1.29, 1.82) is 0 Å². The quantitative estimate of drug-likeness (QED) is 0.857. The number of amides is 1. The monoisotopic (exact) mass is 277 g/mol. The maximum absolute atomic E-state index is 11.7. The lowest BCUT2D eigenvalue weighted by Crippen LogP contribution is -2.40. The lowest BCUT2D eigenvalue weighted by atomic mass is 10.0. The minimum absolute atomic E-state index is 0.189. The second kappa shape index (κ2) is 6.93. The average molecular weight is 277 g/mol. The summed E-state index contributed by atoms with van der Waals surface area (Å²) in [5, 5.41) is 2.75. The summed E-state index contributed by atoms with van der Waals surface area (Å²) < 4.78 is 9.89. The second-order valence-corrected chi connectivity index (χ2v) is 4.87. The van der Waals surface area contributed by atoms with Crippen molar-refractivity contribution in [3.8, 4) is 0 Å². The van der Waals surface area contributed by atoms with Gasteiger partial charge in [0, 0.05) is 6.04 Å². The first-order valence-electron chi connectivity index (χ1n) is 6.75. The zero-order valence-electron chi connectivity index (χ0n) is 11.5. The van der Waals surface area contributed by atoms with Gasteiger partial charge in [-0.3, -0.25) is 4.79 Å². The summed E-state index contributed by atoms with van der Waals surface area (Å²) in [6.07, 6.45) is 1.94. The fourth-order valence-electron chi connectivity index (χ4n) is 2.48. The lowest BCUT2D eigenvalue weighted by Gasteiger charge is -2.18. The van der Waals surface area contributed by atoms with Gasteiger partial charge < -0.3 is 14.8 Å². The molecule has 0 spiro atoms. The Balaban J connectivity index is 1.80. The number of rotatable bonds is 4. The summed E-state index contributed by atoms with van der Waals surface area (Å²) in [7, 11) is 1.37. The van der Waals surface area contributed by atoms with Crippen molar-refractivity contribution < 1.29 is 19.1 Å². The van der Waals surface area contributed by atoms with Gasteiger partial charge in [-0.1, -0.05) is 36.8 Å². The molecule has 0 heterocycles. The molecule has 1 aliphatic carbocycles. The summed E-state index contributed by atoms with van der Waals surface area (Å²) in [5.74, 6) is -0.528. The Labute approximate surface area is 118 Å². The molecule has 2 atom stereocenters. The number of hydrogen-bond donors (Lipinski definition) is 1. The van der Waals surface area contributed by atoms with E-state index < -0.39 is 6.09 Å². The van der Waals surface area contributed by atoms with Crippen LogP contribution in [0.25, 0.3) is 0 Å². The second-order valence-electron chi connectivity index (χ2n) is 4.87. The molecule has 1 fully saturated rings. The van der Waals surface area contributed by atoms with Crippen LogP contribution < -0.4 is 5.32 Å². The van der Waals surface area contributed by atoms with E-state index in [9.17, 15) is 9.59 Å². The number of benzene rings is 1. The van der Waals surface area contributed by atoms with E-state index in [4.69, 9.17) is 9.47 Å². The third-order valence-electron chi connectivity index (χ3n) is 3.54. The molecule has 1 aromatic rings. The summed E-state index contributed by atoms with van der Waals surface area (Å²) in [6.45, 7) is 0.224. The molecule has 20 heavy (non-hydrogen) atoms. The maximum Gasteiger partial charge on any atom is 0.407 e. The third kappa shape index (κ3) is 3.73. The zero-order chi connectivity index (χ0) is 14.4. The Bertz CT molecular complexity index is 460.